The van der Waals surface area contributed by atoms with Crippen LogP contribution in [0.3, 0.4) is 0 Å². The van der Waals surface area contributed by atoms with E-state index < -0.39 is 0 Å². The lowest BCUT2D eigenvalue weighted by Gasteiger charge is -2.42. The molecule has 0 aromatic heterocycles. The summed E-state index contributed by atoms with van der Waals surface area (Å²) in [6, 6.07) is 0. The summed E-state index contributed by atoms with van der Waals surface area (Å²) in [5.41, 5.74) is 0.325. The molecule has 0 bridgehead atoms. The van der Waals surface area contributed by atoms with Gasteiger partial charge in [0.2, 0.25) is 0 Å². The van der Waals surface area contributed by atoms with E-state index in [1.165, 1.54) is 12.8 Å². The Morgan fingerprint density at radius 1 is 1.31 bits per heavy atom. The molecule has 1 saturated heterocycles. The fraction of sp³-hybridized carbons (Fsp3) is 0.909. The van der Waals surface area contributed by atoms with Crippen LogP contribution < -0.4 is 0 Å². The highest BCUT2D eigenvalue weighted by Gasteiger charge is 2.55. The van der Waals surface area contributed by atoms with Crippen LogP contribution in [0.1, 0.15) is 46.0 Å². The van der Waals surface area contributed by atoms with Crippen molar-refractivity contribution in [3.8, 4) is 0 Å². The van der Waals surface area contributed by atoms with Gasteiger partial charge in [-0.05, 0) is 44.4 Å². The minimum atomic E-state index is -0.142. The Hall–Kier alpha value is -0.370. The number of carbonyl (C=O) groups excluding carboxylic acids is 1. The first-order valence-electron chi connectivity index (χ1n) is 5.23. The lowest BCUT2D eigenvalue weighted by molar-refractivity contribution is -0.160. The van der Waals surface area contributed by atoms with Gasteiger partial charge in [-0.15, -0.1) is 0 Å². The monoisotopic (exact) mass is 182 g/mol. The summed E-state index contributed by atoms with van der Waals surface area (Å²) in [7, 11) is 0. The smallest absolute Gasteiger partial charge is 0.148 e. The average Bonchev–Trinajstić information content (AvgIpc) is 2.85. The molecule has 2 unspecified atom stereocenters. The van der Waals surface area contributed by atoms with Gasteiger partial charge in [-0.25, -0.2) is 0 Å². The number of rotatable bonds is 2. The lowest BCUT2D eigenvalue weighted by atomic mass is 9.80. The number of aldehydes is 1. The molecule has 0 amide bonds. The molecule has 2 nitrogen and oxygen atoms in total. The van der Waals surface area contributed by atoms with Crippen molar-refractivity contribution in [2.75, 3.05) is 0 Å². The third kappa shape index (κ3) is 1.41. The summed E-state index contributed by atoms with van der Waals surface area (Å²) < 4.78 is 5.88. The first-order chi connectivity index (χ1) is 6.10. The Kier molecular flexibility index (Phi) is 1.99. The number of hydrogen-bond donors (Lipinski definition) is 0. The van der Waals surface area contributed by atoms with E-state index >= 15 is 0 Å². The summed E-state index contributed by atoms with van der Waals surface area (Å²) in [4.78, 5) is 10.7. The zero-order valence-electron chi connectivity index (χ0n) is 8.51. The van der Waals surface area contributed by atoms with Crippen molar-refractivity contribution in [1.82, 2.24) is 0 Å². The maximum Gasteiger partial charge on any atom is 0.148 e. The van der Waals surface area contributed by atoms with Gasteiger partial charge in [0.15, 0.2) is 0 Å². The van der Waals surface area contributed by atoms with Crippen LogP contribution in [-0.2, 0) is 9.53 Å². The van der Waals surface area contributed by atoms with Crippen molar-refractivity contribution in [3.63, 3.8) is 0 Å². The van der Waals surface area contributed by atoms with Gasteiger partial charge in [0.05, 0.1) is 5.60 Å². The molecule has 0 aromatic rings. The van der Waals surface area contributed by atoms with E-state index in [1.807, 2.05) is 0 Å². The van der Waals surface area contributed by atoms with Crippen LogP contribution in [0.4, 0.5) is 0 Å². The Labute approximate surface area is 79.7 Å². The topological polar surface area (TPSA) is 26.3 Å². The molecule has 2 fully saturated rings. The van der Waals surface area contributed by atoms with E-state index in [2.05, 4.69) is 13.8 Å². The Morgan fingerprint density at radius 2 is 2.00 bits per heavy atom. The molecule has 0 spiro atoms. The summed E-state index contributed by atoms with van der Waals surface area (Å²) in [5.74, 6) is 0. The fourth-order valence-corrected chi connectivity index (χ4v) is 2.35. The summed E-state index contributed by atoms with van der Waals surface area (Å²) >= 11 is 0. The molecule has 1 saturated carbocycles. The van der Waals surface area contributed by atoms with E-state index in [-0.39, 0.29) is 11.7 Å². The molecule has 13 heavy (non-hydrogen) atoms. The van der Waals surface area contributed by atoms with Gasteiger partial charge >= 0.3 is 0 Å². The van der Waals surface area contributed by atoms with Crippen LogP contribution in [0.2, 0.25) is 0 Å². The molecular weight excluding hydrogens is 164 g/mol. The Balaban J connectivity index is 2.09. The van der Waals surface area contributed by atoms with Gasteiger partial charge < -0.3 is 9.53 Å². The highest BCUT2D eigenvalue weighted by Crippen LogP contribution is 2.58. The maximum atomic E-state index is 10.7. The van der Waals surface area contributed by atoms with Crippen LogP contribution in [0.5, 0.6) is 0 Å². The third-order valence-electron chi connectivity index (χ3n) is 3.98. The van der Waals surface area contributed by atoms with Crippen LogP contribution >= 0.6 is 0 Å². The largest absolute Gasteiger partial charge is 0.364 e. The molecule has 74 valence electrons. The highest BCUT2D eigenvalue weighted by atomic mass is 16.5. The van der Waals surface area contributed by atoms with Crippen molar-refractivity contribution < 1.29 is 9.53 Å². The summed E-state index contributed by atoms with van der Waals surface area (Å²) in [5, 5.41) is 0. The maximum absolute atomic E-state index is 10.7. The molecule has 2 atom stereocenters. The SMILES string of the molecule is CC1(C2(C)CCCC(C=O)O2)CC1. The standard InChI is InChI=1S/C11H18O2/c1-10(6-7-10)11(2)5-3-4-9(8-12)13-11/h8-9H,3-7H2,1-2H3. The summed E-state index contributed by atoms with van der Waals surface area (Å²) in [6.07, 6.45) is 6.50. The van der Waals surface area contributed by atoms with Gasteiger partial charge in [-0.3, -0.25) is 0 Å². The number of hydrogen-bond acceptors (Lipinski definition) is 2. The summed E-state index contributed by atoms with van der Waals surface area (Å²) in [6.45, 7) is 4.45. The molecule has 2 aliphatic rings. The second-order valence-corrected chi connectivity index (χ2v) is 4.98. The molecule has 2 heteroatoms. The van der Waals surface area contributed by atoms with Crippen LogP contribution in [0.25, 0.3) is 0 Å². The predicted octanol–water partition coefficient (Wildman–Crippen LogP) is 2.31. The lowest BCUT2D eigenvalue weighted by Crippen LogP contribution is -2.44. The van der Waals surface area contributed by atoms with E-state index in [4.69, 9.17) is 4.74 Å². The first-order valence-corrected chi connectivity index (χ1v) is 5.23. The molecular formula is C11H18O2. The molecule has 1 heterocycles. The van der Waals surface area contributed by atoms with E-state index in [0.717, 1.165) is 25.5 Å². The minimum absolute atomic E-state index is 0.0309. The molecule has 1 aliphatic heterocycles. The van der Waals surface area contributed by atoms with Gasteiger partial charge in [-0.2, -0.15) is 0 Å². The highest BCUT2D eigenvalue weighted by molar-refractivity contribution is 5.56. The predicted molar refractivity (Wildman–Crippen MR) is 50.5 cm³/mol. The molecule has 0 radical (unpaired) electrons. The Morgan fingerprint density at radius 3 is 2.54 bits per heavy atom. The van der Waals surface area contributed by atoms with Crippen molar-refractivity contribution in [3.05, 3.63) is 0 Å². The van der Waals surface area contributed by atoms with Gasteiger partial charge in [0, 0.05) is 0 Å². The van der Waals surface area contributed by atoms with Crippen LogP contribution in [-0.4, -0.2) is 18.0 Å². The van der Waals surface area contributed by atoms with Crippen molar-refractivity contribution in [1.29, 1.82) is 0 Å². The molecule has 0 N–H and O–H groups in total. The van der Waals surface area contributed by atoms with Crippen LogP contribution in [0, 0.1) is 5.41 Å². The quantitative estimate of drug-likeness (QED) is 0.612. The van der Waals surface area contributed by atoms with Crippen LogP contribution in [0.15, 0.2) is 0 Å². The zero-order chi connectivity index (χ0) is 9.53. The van der Waals surface area contributed by atoms with E-state index in [0.29, 0.717) is 5.41 Å². The second-order valence-electron chi connectivity index (χ2n) is 4.98. The van der Waals surface area contributed by atoms with Gasteiger partial charge in [0.1, 0.15) is 12.4 Å². The normalized spacial score (nSPS) is 42.8. The molecule has 0 aromatic carbocycles. The molecule has 2 rings (SSSR count). The average molecular weight is 182 g/mol. The van der Waals surface area contributed by atoms with E-state index in [9.17, 15) is 4.79 Å². The van der Waals surface area contributed by atoms with Gasteiger partial charge in [-0.1, -0.05) is 6.92 Å². The first kappa shape index (κ1) is 9.20. The number of ether oxygens (including phenoxy) is 1. The van der Waals surface area contributed by atoms with Crippen molar-refractivity contribution >= 4 is 6.29 Å². The van der Waals surface area contributed by atoms with Crippen molar-refractivity contribution in [2.45, 2.75) is 57.7 Å². The van der Waals surface area contributed by atoms with Gasteiger partial charge in [0.25, 0.3) is 0 Å². The molecule has 1 aliphatic carbocycles. The second kappa shape index (κ2) is 2.81. The number of carbonyl (C=O) groups is 1. The van der Waals surface area contributed by atoms with Crippen molar-refractivity contribution in [2.24, 2.45) is 5.41 Å². The Bertz CT molecular complexity index is 220. The zero-order valence-corrected chi connectivity index (χ0v) is 8.51. The fourth-order valence-electron chi connectivity index (χ4n) is 2.35. The minimum Gasteiger partial charge on any atom is -0.364 e. The van der Waals surface area contributed by atoms with E-state index in [1.54, 1.807) is 0 Å². The third-order valence-corrected chi connectivity index (χ3v) is 3.98.